The summed E-state index contributed by atoms with van der Waals surface area (Å²) in [5.41, 5.74) is -0.528. The maximum atomic E-state index is 13.2. The summed E-state index contributed by atoms with van der Waals surface area (Å²) in [5.74, 6) is -4.13. The zero-order chi connectivity index (χ0) is 13.5. The topological polar surface area (TPSA) is 44.9 Å². The third-order valence-corrected chi connectivity index (χ3v) is 2.21. The molecule has 1 aromatic carbocycles. The third-order valence-electron chi connectivity index (χ3n) is 2.21. The second-order valence-electron chi connectivity index (χ2n) is 3.46. The summed E-state index contributed by atoms with van der Waals surface area (Å²) in [6.45, 7) is 0. The number of nitrogens with one attached hydrogen (secondary N) is 2. The number of anilines is 1. The predicted molar refractivity (Wildman–Crippen MR) is 52.9 cm³/mol. The summed E-state index contributed by atoms with van der Waals surface area (Å²) in [6.07, 6.45) is -4.12. The molecule has 2 N–H and O–H groups in total. The molecule has 8 heteroatoms. The Labute approximate surface area is 96.6 Å². The molecule has 0 radical (unpaired) electrons. The molecule has 18 heavy (non-hydrogen) atoms. The quantitative estimate of drug-likeness (QED) is 0.764. The highest BCUT2D eigenvalue weighted by Crippen LogP contribution is 2.27. The average Bonchev–Trinajstić information content (AvgIpc) is 2.60. The van der Waals surface area contributed by atoms with E-state index < -0.39 is 23.7 Å². The normalized spacial score (nSPS) is 11.8. The minimum absolute atomic E-state index is 0.176. The first-order valence-corrected chi connectivity index (χ1v) is 4.63. The fourth-order valence-electron chi connectivity index (χ4n) is 1.45. The van der Waals surface area contributed by atoms with E-state index in [1.54, 1.807) is 0 Å². The summed E-state index contributed by atoms with van der Waals surface area (Å²) >= 11 is 0. The Morgan fingerprint density at radius 3 is 2.50 bits per heavy atom. The van der Waals surface area contributed by atoms with E-state index >= 15 is 0 Å². The second-order valence-corrected chi connectivity index (χ2v) is 3.46. The Kier molecular flexibility index (Phi) is 2.72. The molecule has 0 aliphatic rings. The lowest BCUT2D eigenvalue weighted by molar-refractivity contribution is -0.167. The zero-order valence-corrected chi connectivity index (χ0v) is 8.53. The smallest absolute Gasteiger partial charge is 0.357 e. The summed E-state index contributed by atoms with van der Waals surface area (Å²) < 4.78 is 62.3. The standard InChI is InChI=1S/C10H5F5N2O/c11-4-1-5-7(17-9(18)10(13,14)15)3-16-8(5)6(12)2-4/h1-3,16H,(H,17,18). The highest BCUT2D eigenvalue weighted by Gasteiger charge is 2.39. The molecule has 0 unspecified atom stereocenters. The van der Waals surface area contributed by atoms with Crippen molar-refractivity contribution in [2.24, 2.45) is 0 Å². The van der Waals surface area contributed by atoms with Gasteiger partial charge in [0.1, 0.15) is 11.6 Å². The van der Waals surface area contributed by atoms with Gasteiger partial charge < -0.3 is 10.3 Å². The van der Waals surface area contributed by atoms with Crippen molar-refractivity contribution in [3.63, 3.8) is 0 Å². The van der Waals surface area contributed by atoms with Crippen LogP contribution < -0.4 is 5.32 Å². The Bertz CT molecular complexity index is 616. The van der Waals surface area contributed by atoms with Crippen LogP contribution in [0.3, 0.4) is 0 Å². The van der Waals surface area contributed by atoms with Crippen LogP contribution in [0.15, 0.2) is 18.3 Å². The lowest BCUT2D eigenvalue weighted by Gasteiger charge is -2.06. The molecule has 0 spiro atoms. The lowest BCUT2D eigenvalue weighted by Crippen LogP contribution is -2.29. The van der Waals surface area contributed by atoms with Gasteiger partial charge in [0.25, 0.3) is 0 Å². The van der Waals surface area contributed by atoms with Crippen molar-refractivity contribution in [2.75, 3.05) is 5.32 Å². The van der Waals surface area contributed by atoms with Gasteiger partial charge in [0, 0.05) is 17.6 Å². The Balaban J connectivity index is 2.44. The molecule has 1 amide bonds. The van der Waals surface area contributed by atoms with Crippen LogP contribution in [0.25, 0.3) is 10.9 Å². The van der Waals surface area contributed by atoms with Crippen molar-refractivity contribution >= 4 is 22.5 Å². The number of alkyl halides is 3. The van der Waals surface area contributed by atoms with Gasteiger partial charge in [-0.25, -0.2) is 8.78 Å². The molecule has 0 bridgehead atoms. The molecule has 96 valence electrons. The van der Waals surface area contributed by atoms with E-state index in [9.17, 15) is 26.7 Å². The van der Waals surface area contributed by atoms with Crippen LogP contribution in [0.2, 0.25) is 0 Å². The second kappa shape index (κ2) is 3.97. The van der Waals surface area contributed by atoms with E-state index in [0.29, 0.717) is 6.07 Å². The van der Waals surface area contributed by atoms with Crippen molar-refractivity contribution in [3.05, 3.63) is 30.0 Å². The summed E-state index contributed by atoms with van der Waals surface area (Å²) in [7, 11) is 0. The summed E-state index contributed by atoms with van der Waals surface area (Å²) in [4.78, 5) is 13.0. The van der Waals surface area contributed by atoms with Crippen molar-refractivity contribution in [1.29, 1.82) is 0 Å². The molecule has 0 saturated carbocycles. The van der Waals surface area contributed by atoms with Gasteiger partial charge in [-0.3, -0.25) is 4.79 Å². The Hall–Kier alpha value is -2.12. The first-order valence-electron chi connectivity index (χ1n) is 4.63. The van der Waals surface area contributed by atoms with Crippen LogP contribution in [-0.2, 0) is 4.79 Å². The van der Waals surface area contributed by atoms with Crippen molar-refractivity contribution in [3.8, 4) is 0 Å². The number of benzene rings is 1. The van der Waals surface area contributed by atoms with Crippen LogP contribution in [0.4, 0.5) is 27.6 Å². The minimum atomic E-state index is -5.07. The van der Waals surface area contributed by atoms with Crippen molar-refractivity contribution in [2.45, 2.75) is 6.18 Å². The van der Waals surface area contributed by atoms with Gasteiger partial charge in [0.2, 0.25) is 0 Å². The Morgan fingerprint density at radius 1 is 1.22 bits per heavy atom. The number of rotatable bonds is 1. The molecule has 2 rings (SSSR count). The van der Waals surface area contributed by atoms with Crippen molar-refractivity contribution in [1.82, 2.24) is 4.98 Å². The number of amides is 1. The van der Waals surface area contributed by atoms with E-state index in [0.717, 1.165) is 12.3 Å². The van der Waals surface area contributed by atoms with Crippen molar-refractivity contribution < 1.29 is 26.7 Å². The number of aromatic amines is 1. The van der Waals surface area contributed by atoms with E-state index in [1.807, 2.05) is 0 Å². The molecule has 1 aromatic heterocycles. The number of hydrogen-bond acceptors (Lipinski definition) is 1. The van der Waals surface area contributed by atoms with Gasteiger partial charge >= 0.3 is 12.1 Å². The van der Waals surface area contributed by atoms with E-state index in [1.165, 1.54) is 5.32 Å². The third kappa shape index (κ3) is 2.13. The van der Waals surface area contributed by atoms with E-state index in [4.69, 9.17) is 0 Å². The molecular weight excluding hydrogens is 259 g/mol. The molecule has 2 aromatic rings. The zero-order valence-electron chi connectivity index (χ0n) is 8.53. The summed E-state index contributed by atoms with van der Waals surface area (Å²) in [6, 6.07) is 1.40. The van der Waals surface area contributed by atoms with Gasteiger partial charge in [-0.1, -0.05) is 0 Å². The monoisotopic (exact) mass is 264 g/mol. The minimum Gasteiger partial charge on any atom is -0.357 e. The van der Waals surface area contributed by atoms with Gasteiger partial charge in [-0.05, 0) is 6.07 Å². The SMILES string of the molecule is O=C(Nc1c[nH]c2c(F)cc(F)cc12)C(F)(F)F. The maximum Gasteiger partial charge on any atom is 0.471 e. The maximum absolute atomic E-state index is 13.2. The highest BCUT2D eigenvalue weighted by molar-refractivity contribution is 6.03. The first kappa shape index (κ1) is 12.3. The molecular formula is C10H5F5N2O. The molecule has 0 aliphatic heterocycles. The van der Waals surface area contributed by atoms with Crippen LogP contribution in [0.1, 0.15) is 0 Å². The fraction of sp³-hybridized carbons (Fsp3) is 0.100. The van der Waals surface area contributed by atoms with Crippen LogP contribution >= 0.6 is 0 Å². The van der Waals surface area contributed by atoms with Gasteiger partial charge in [-0.15, -0.1) is 0 Å². The van der Waals surface area contributed by atoms with E-state index in [-0.39, 0.29) is 16.6 Å². The predicted octanol–water partition coefficient (Wildman–Crippen LogP) is 2.95. The van der Waals surface area contributed by atoms with Crippen LogP contribution in [0, 0.1) is 11.6 Å². The number of carbonyl (C=O) groups is 1. The fourth-order valence-corrected chi connectivity index (χ4v) is 1.45. The van der Waals surface area contributed by atoms with Gasteiger partial charge in [0.05, 0.1) is 11.2 Å². The molecule has 1 heterocycles. The van der Waals surface area contributed by atoms with Crippen LogP contribution in [0.5, 0.6) is 0 Å². The number of aromatic nitrogens is 1. The number of carbonyl (C=O) groups excluding carboxylic acids is 1. The first-order chi connectivity index (χ1) is 8.29. The largest absolute Gasteiger partial charge is 0.471 e. The highest BCUT2D eigenvalue weighted by atomic mass is 19.4. The molecule has 0 atom stereocenters. The van der Waals surface area contributed by atoms with Crippen LogP contribution in [-0.4, -0.2) is 17.1 Å². The molecule has 3 nitrogen and oxygen atoms in total. The number of hydrogen-bond donors (Lipinski definition) is 2. The number of halogens is 5. The van der Waals surface area contributed by atoms with Gasteiger partial charge in [0.15, 0.2) is 0 Å². The molecule has 0 fully saturated rings. The number of H-pyrrole nitrogens is 1. The summed E-state index contributed by atoms with van der Waals surface area (Å²) in [5, 5.41) is 1.35. The van der Waals surface area contributed by atoms with E-state index in [2.05, 4.69) is 4.98 Å². The number of fused-ring (bicyclic) bond motifs is 1. The Morgan fingerprint density at radius 2 is 1.89 bits per heavy atom. The lowest BCUT2D eigenvalue weighted by atomic mass is 10.2. The average molecular weight is 264 g/mol. The molecule has 0 saturated heterocycles. The molecule has 0 aliphatic carbocycles. The van der Waals surface area contributed by atoms with Gasteiger partial charge in [-0.2, -0.15) is 13.2 Å².